The van der Waals surface area contributed by atoms with Crippen molar-refractivity contribution >= 4 is 40.7 Å². The van der Waals surface area contributed by atoms with Crippen LogP contribution in [0.3, 0.4) is 0 Å². The quantitative estimate of drug-likeness (QED) is 0.209. The van der Waals surface area contributed by atoms with Gasteiger partial charge in [-0.1, -0.05) is 6.92 Å². The van der Waals surface area contributed by atoms with Gasteiger partial charge in [0.1, 0.15) is 24.2 Å². The van der Waals surface area contributed by atoms with E-state index >= 15 is 0 Å². The van der Waals surface area contributed by atoms with Gasteiger partial charge in [0, 0.05) is 32.9 Å². The number of nitrogens with two attached hydrogens (primary N) is 1. The van der Waals surface area contributed by atoms with Gasteiger partial charge < -0.3 is 30.7 Å². The topological polar surface area (TPSA) is 197 Å². The number of carbonyl (C=O) groups is 4. The molecule has 14 nitrogen and oxygen atoms in total. The lowest BCUT2D eigenvalue weighted by molar-refractivity contribution is -0.169. The number of likely N-dealkylation sites (tertiary alicyclic amines) is 1. The molecule has 3 heterocycles. The molecular formula is C28H40N8O6. The maximum Gasteiger partial charge on any atom is 0.338 e. The summed E-state index contributed by atoms with van der Waals surface area (Å²) in [4.78, 5) is 61.9. The molecule has 42 heavy (non-hydrogen) atoms. The monoisotopic (exact) mass is 584 g/mol. The summed E-state index contributed by atoms with van der Waals surface area (Å²) < 4.78 is 6.55. The fourth-order valence-corrected chi connectivity index (χ4v) is 4.97. The number of rotatable bonds is 10. The van der Waals surface area contributed by atoms with Crippen molar-refractivity contribution in [2.75, 3.05) is 31.6 Å². The average Bonchev–Trinajstić information content (AvgIpc) is 3.36. The summed E-state index contributed by atoms with van der Waals surface area (Å²) in [5, 5.41) is 21.9. The predicted octanol–water partition coefficient (Wildman–Crippen LogP) is 1.87. The van der Waals surface area contributed by atoms with Gasteiger partial charge in [-0.25, -0.2) is 24.4 Å². The first-order chi connectivity index (χ1) is 19.7. The van der Waals surface area contributed by atoms with E-state index in [-0.39, 0.29) is 43.7 Å². The number of esters is 1. The number of carbonyl (C=O) groups excluding carboxylic acids is 3. The lowest BCUT2D eigenvalue weighted by Gasteiger charge is -2.42. The van der Waals surface area contributed by atoms with Crippen molar-refractivity contribution in [2.24, 2.45) is 11.7 Å². The van der Waals surface area contributed by atoms with Crippen molar-refractivity contribution in [3.05, 3.63) is 18.6 Å². The molecule has 4 N–H and O–H groups in total. The summed E-state index contributed by atoms with van der Waals surface area (Å²) in [6.07, 6.45) is 4.10. The van der Waals surface area contributed by atoms with Gasteiger partial charge >= 0.3 is 18.0 Å². The lowest BCUT2D eigenvalue weighted by Crippen LogP contribution is -2.57. The molecule has 2 amide bonds. The van der Waals surface area contributed by atoms with Crippen LogP contribution >= 0.6 is 0 Å². The Morgan fingerprint density at radius 2 is 1.98 bits per heavy atom. The second-order valence-corrected chi connectivity index (χ2v) is 11.7. The highest BCUT2D eigenvalue weighted by Crippen LogP contribution is 2.29. The number of nitriles is 1. The molecule has 2 aromatic rings. The van der Waals surface area contributed by atoms with Crippen LogP contribution in [0.2, 0.25) is 0 Å². The zero-order chi connectivity index (χ0) is 31.2. The Labute approximate surface area is 244 Å². The number of aliphatic carboxylic acids is 1. The number of unbranched alkanes of at least 4 members (excludes halogenated alkanes) is 1. The Morgan fingerprint density at radius 1 is 1.26 bits per heavy atom. The standard InChI is InChI=1S/C28H40N8O6/c1-18-9-14-35(21(37)8-12-29)16-20(18)34(5)22-19-10-15-36(23(19)33-17-32-22)26(41)31-13-7-6-11-28(30,24(38)39)25(40)42-27(2,3)4/h10,15,17-18,20H,6-9,11,13-14,16,30H2,1-5H3,(H,31,41)(H,38,39)/t18-,20+,28+/m1/s1. The van der Waals surface area contributed by atoms with Gasteiger partial charge in [-0.15, -0.1) is 0 Å². The Hall–Kier alpha value is -4.25. The SMILES string of the molecule is C[C@@H]1CCN(C(=O)CC#N)C[C@@H]1N(C)c1ncnc2c1ccn2C(=O)NCCCC[C@](N)(C(=O)O)C(=O)OC(C)(C)C. The summed E-state index contributed by atoms with van der Waals surface area (Å²) in [6, 6.07) is 3.20. The molecule has 0 aliphatic carbocycles. The van der Waals surface area contributed by atoms with Crippen LogP contribution in [0.5, 0.6) is 0 Å². The van der Waals surface area contributed by atoms with E-state index in [9.17, 15) is 24.3 Å². The van der Waals surface area contributed by atoms with E-state index in [0.717, 1.165) is 6.42 Å². The number of anilines is 1. The van der Waals surface area contributed by atoms with Crippen molar-refractivity contribution in [1.82, 2.24) is 24.8 Å². The number of aromatic nitrogens is 3. The van der Waals surface area contributed by atoms with Crippen LogP contribution in [0.15, 0.2) is 18.6 Å². The zero-order valence-electron chi connectivity index (χ0n) is 24.8. The number of fused-ring (bicyclic) bond motifs is 1. The molecule has 1 saturated heterocycles. The van der Waals surface area contributed by atoms with Crippen LogP contribution in [-0.4, -0.2) is 92.3 Å². The smallest absolute Gasteiger partial charge is 0.338 e. The Balaban J connectivity index is 1.64. The van der Waals surface area contributed by atoms with Crippen LogP contribution in [-0.2, 0) is 19.1 Å². The van der Waals surface area contributed by atoms with Crippen LogP contribution in [0.25, 0.3) is 11.0 Å². The minimum atomic E-state index is -2.18. The number of hydrogen-bond acceptors (Lipinski definition) is 10. The van der Waals surface area contributed by atoms with Crippen molar-refractivity contribution in [3.63, 3.8) is 0 Å². The fourth-order valence-electron chi connectivity index (χ4n) is 4.97. The first-order valence-corrected chi connectivity index (χ1v) is 13.9. The maximum absolute atomic E-state index is 13.0. The van der Waals surface area contributed by atoms with Crippen LogP contribution in [0.1, 0.15) is 59.8 Å². The van der Waals surface area contributed by atoms with E-state index in [2.05, 4.69) is 22.2 Å². The van der Waals surface area contributed by atoms with Gasteiger partial charge in [-0.2, -0.15) is 5.26 Å². The highest BCUT2D eigenvalue weighted by molar-refractivity contribution is 6.03. The molecule has 0 radical (unpaired) electrons. The Bertz CT molecular complexity index is 1360. The summed E-state index contributed by atoms with van der Waals surface area (Å²) in [6.45, 7) is 8.28. The third-order valence-electron chi connectivity index (χ3n) is 7.43. The maximum atomic E-state index is 13.0. The highest BCUT2D eigenvalue weighted by atomic mass is 16.6. The number of nitrogens with zero attached hydrogens (tertiary/aromatic N) is 6. The summed E-state index contributed by atoms with van der Waals surface area (Å²) in [5.41, 5.74) is 3.24. The predicted molar refractivity (Wildman–Crippen MR) is 153 cm³/mol. The van der Waals surface area contributed by atoms with Gasteiger partial charge in [0.25, 0.3) is 0 Å². The van der Waals surface area contributed by atoms with Crippen LogP contribution in [0.4, 0.5) is 10.6 Å². The van der Waals surface area contributed by atoms with Gasteiger partial charge in [0.15, 0.2) is 5.65 Å². The van der Waals surface area contributed by atoms with Crippen LogP contribution < -0.4 is 16.0 Å². The number of carboxylic acids is 1. The fraction of sp³-hybridized carbons (Fsp3) is 0.607. The molecule has 3 rings (SSSR count). The summed E-state index contributed by atoms with van der Waals surface area (Å²) in [7, 11) is 1.89. The van der Waals surface area contributed by atoms with E-state index in [1.54, 1.807) is 37.9 Å². The molecule has 0 saturated carbocycles. The second-order valence-electron chi connectivity index (χ2n) is 11.7. The van der Waals surface area contributed by atoms with Gasteiger partial charge in [-0.05, 0) is 58.4 Å². The van der Waals surface area contributed by atoms with Crippen molar-refractivity contribution in [2.45, 2.75) is 77.0 Å². The largest absolute Gasteiger partial charge is 0.479 e. The van der Waals surface area contributed by atoms with E-state index in [0.29, 0.717) is 36.4 Å². The Kier molecular flexibility index (Phi) is 10.1. The molecule has 0 spiro atoms. The molecule has 1 aliphatic heterocycles. The number of likely N-dealkylation sites (N-methyl/N-ethyl adjacent to an activating group) is 1. The molecule has 0 aromatic carbocycles. The highest BCUT2D eigenvalue weighted by Gasteiger charge is 2.45. The number of carboxylic acid groups (broad SMARTS) is 1. The van der Waals surface area contributed by atoms with E-state index in [1.807, 2.05) is 18.0 Å². The third-order valence-corrected chi connectivity index (χ3v) is 7.43. The molecule has 0 bridgehead atoms. The first kappa shape index (κ1) is 32.3. The number of piperidine rings is 1. The Morgan fingerprint density at radius 3 is 2.62 bits per heavy atom. The molecule has 228 valence electrons. The van der Waals surface area contributed by atoms with E-state index in [1.165, 1.54) is 10.9 Å². The first-order valence-electron chi connectivity index (χ1n) is 13.9. The minimum absolute atomic E-state index is 0.0437. The molecule has 2 aromatic heterocycles. The minimum Gasteiger partial charge on any atom is -0.479 e. The van der Waals surface area contributed by atoms with Crippen molar-refractivity contribution in [3.8, 4) is 6.07 Å². The third kappa shape index (κ3) is 7.33. The van der Waals surface area contributed by atoms with E-state index < -0.39 is 29.1 Å². The number of amides is 2. The number of ether oxygens (including phenoxy) is 1. The molecular weight excluding hydrogens is 544 g/mol. The second kappa shape index (κ2) is 13.2. The molecule has 1 fully saturated rings. The van der Waals surface area contributed by atoms with Gasteiger partial charge in [0.05, 0.1) is 17.5 Å². The van der Waals surface area contributed by atoms with Crippen molar-refractivity contribution in [1.29, 1.82) is 5.26 Å². The molecule has 14 heteroatoms. The van der Waals surface area contributed by atoms with Crippen LogP contribution in [0, 0.1) is 17.2 Å². The average molecular weight is 585 g/mol. The summed E-state index contributed by atoms with van der Waals surface area (Å²) in [5.74, 6) is -1.78. The normalized spacial score (nSPS) is 18.5. The van der Waals surface area contributed by atoms with Gasteiger partial charge in [-0.3, -0.25) is 9.36 Å². The number of nitrogens with one attached hydrogen (secondary N) is 1. The molecule has 1 aliphatic rings. The molecule has 0 unspecified atom stereocenters. The lowest BCUT2D eigenvalue weighted by atomic mass is 9.92. The van der Waals surface area contributed by atoms with Gasteiger partial charge in [0.2, 0.25) is 11.4 Å². The number of hydrogen-bond donors (Lipinski definition) is 3. The zero-order valence-corrected chi connectivity index (χ0v) is 24.8. The van der Waals surface area contributed by atoms with Crippen molar-refractivity contribution < 1.29 is 29.0 Å². The summed E-state index contributed by atoms with van der Waals surface area (Å²) >= 11 is 0. The van der Waals surface area contributed by atoms with E-state index in [4.69, 9.17) is 15.7 Å². The molecule has 3 atom stereocenters.